The molecular weight excluding hydrogens is 528 g/mol. The predicted octanol–water partition coefficient (Wildman–Crippen LogP) is -0.433. The van der Waals surface area contributed by atoms with Gasteiger partial charge in [-0.25, -0.2) is 4.68 Å². The van der Waals surface area contributed by atoms with Crippen LogP contribution >= 0.6 is 0 Å². The summed E-state index contributed by atoms with van der Waals surface area (Å²) in [4.78, 5) is 12.4. The van der Waals surface area contributed by atoms with Crippen molar-refractivity contribution in [2.24, 2.45) is 0 Å². The van der Waals surface area contributed by atoms with E-state index in [0.29, 0.717) is 119 Å². The zero-order valence-electron chi connectivity index (χ0n) is 23.7. The van der Waals surface area contributed by atoms with Crippen LogP contribution in [0.1, 0.15) is 18.5 Å². The van der Waals surface area contributed by atoms with E-state index in [-0.39, 0.29) is 6.10 Å². The van der Waals surface area contributed by atoms with Crippen molar-refractivity contribution >= 4 is 6.29 Å². The van der Waals surface area contributed by atoms with Crippen LogP contribution in [0.2, 0.25) is 0 Å². The minimum absolute atomic E-state index is 0.185. The second kappa shape index (κ2) is 25.1. The molecule has 1 fully saturated rings. The van der Waals surface area contributed by atoms with Gasteiger partial charge in [-0.2, -0.15) is 0 Å². The van der Waals surface area contributed by atoms with Crippen LogP contribution < -0.4 is 0 Å². The Hall–Kier alpha value is -1.59. The molecule has 40 heavy (non-hydrogen) atoms. The highest BCUT2D eigenvalue weighted by molar-refractivity contribution is 5.49. The van der Waals surface area contributed by atoms with Crippen molar-refractivity contribution in [3.8, 4) is 0 Å². The van der Waals surface area contributed by atoms with Gasteiger partial charge in [-0.3, -0.25) is 4.90 Å². The van der Waals surface area contributed by atoms with E-state index in [1.54, 1.807) is 4.68 Å². The predicted molar refractivity (Wildman–Crippen MR) is 143 cm³/mol. The topological polar surface area (TPSA) is 145 Å². The Labute approximate surface area is 237 Å². The molecule has 232 valence electrons. The molecule has 0 spiro atoms. The number of carbonyl (C=O) groups is 1. The first kappa shape index (κ1) is 34.6. The summed E-state index contributed by atoms with van der Waals surface area (Å²) in [6.07, 6.45) is 3.75. The van der Waals surface area contributed by atoms with Crippen LogP contribution in [-0.4, -0.2) is 156 Å². The summed E-state index contributed by atoms with van der Waals surface area (Å²) in [5.74, 6) is 0. The SMILES string of the molecule is O=CCCOCCOCCOCCOCCn1cc(COCCOCCOCCOCCN2CC[C@H](O)C2)nn1. The van der Waals surface area contributed by atoms with Crippen LogP contribution in [-0.2, 0) is 55.8 Å². The Bertz CT molecular complexity index is 715. The minimum Gasteiger partial charge on any atom is -0.392 e. The molecule has 2 rings (SSSR count). The summed E-state index contributed by atoms with van der Waals surface area (Å²) in [6, 6.07) is 0. The van der Waals surface area contributed by atoms with Gasteiger partial charge in [0, 0.05) is 26.1 Å². The first-order valence-corrected chi connectivity index (χ1v) is 14.1. The van der Waals surface area contributed by atoms with Gasteiger partial charge >= 0.3 is 0 Å². The number of β-amino-alcohol motifs (C(OH)–C–C–N with tert-alkyl or cyclic N) is 1. The third kappa shape index (κ3) is 19.5. The summed E-state index contributed by atoms with van der Waals surface area (Å²) in [6.45, 7) is 11.1. The van der Waals surface area contributed by atoms with Gasteiger partial charge in [0.15, 0.2) is 0 Å². The molecule has 1 aliphatic rings. The third-order valence-corrected chi connectivity index (χ3v) is 5.71. The average Bonchev–Trinajstić information content (AvgIpc) is 3.59. The molecule has 0 radical (unpaired) electrons. The van der Waals surface area contributed by atoms with Gasteiger partial charge in [0.2, 0.25) is 0 Å². The van der Waals surface area contributed by atoms with E-state index < -0.39 is 0 Å². The highest BCUT2D eigenvalue weighted by Gasteiger charge is 2.19. The number of carbonyl (C=O) groups excluding carboxylic acids is 1. The van der Waals surface area contributed by atoms with Crippen LogP contribution in [0.5, 0.6) is 0 Å². The fraction of sp³-hybridized carbons (Fsp3) is 0.885. The Kier molecular flexibility index (Phi) is 21.8. The van der Waals surface area contributed by atoms with Gasteiger partial charge in [0.25, 0.3) is 0 Å². The largest absolute Gasteiger partial charge is 0.392 e. The number of ether oxygens (including phenoxy) is 8. The Morgan fingerprint density at radius 1 is 0.725 bits per heavy atom. The molecule has 0 aliphatic carbocycles. The molecule has 0 unspecified atom stereocenters. The van der Waals surface area contributed by atoms with E-state index in [4.69, 9.17) is 37.9 Å². The highest BCUT2D eigenvalue weighted by Crippen LogP contribution is 2.07. The van der Waals surface area contributed by atoms with E-state index >= 15 is 0 Å². The van der Waals surface area contributed by atoms with Crippen LogP contribution in [0.4, 0.5) is 0 Å². The van der Waals surface area contributed by atoms with Gasteiger partial charge < -0.3 is 47.8 Å². The number of hydrogen-bond acceptors (Lipinski definition) is 13. The summed E-state index contributed by atoms with van der Waals surface area (Å²) >= 11 is 0. The van der Waals surface area contributed by atoms with Gasteiger partial charge in [-0.05, 0) is 6.42 Å². The van der Waals surface area contributed by atoms with Crippen molar-refractivity contribution in [2.45, 2.75) is 32.1 Å². The van der Waals surface area contributed by atoms with E-state index in [1.165, 1.54) is 0 Å². The van der Waals surface area contributed by atoms with Crippen molar-refractivity contribution in [1.82, 2.24) is 19.9 Å². The van der Waals surface area contributed by atoms with Crippen molar-refractivity contribution in [3.63, 3.8) is 0 Å². The zero-order chi connectivity index (χ0) is 28.4. The molecule has 1 aromatic rings. The Morgan fingerprint density at radius 2 is 1.23 bits per heavy atom. The van der Waals surface area contributed by atoms with Crippen LogP contribution in [0.3, 0.4) is 0 Å². The van der Waals surface area contributed by atoms with Crippen molar-refractivity contribution in [2.75, 3.05) is 119 Å². The fourth-order valence-corrected chi connectivity index (χ4v) is 3.61. The first-order chi connectivity index (χ1) is 19.8. The highest BCUT2D eigenvalue weighted by atomic mass is 16.6. The average molecular weight is 577 g/mol. The number of aliphatic hydroxyl groups excluding tert-OH is 1. The number of aromatic nitrogens is 3. The lowest BCUT2D eigenvalue weighted by atomic mass is 10.3. The number of nitrogens with zero attached hydrogens (tertiary/aromatic N) is 4. The summed E-state index contributed by atoms with van der Waals surface area (Å²) in [7, 11) is 0. The van der Waals surface area contributed by atoms with Gasteiger partial charge in [0.1, 0.15) is 12.0 Å². The molecule has 0 amide bonds. The maximum Gasteiger partial charge on any atom is 0.122 e. The van der Waals surface area contributed by atoms with E-state index in [9.17, 15) is 9.90 Å². The lowest BCUT2D eigenvalue weighted by Gasteiger charge is -2.14. The normalized spacial score (nSPS) is 15.8. The molecule has 1 N–H and O–H groups in total. The summed E-state index contributed by atoms with van der Waals surface area (Å²) in [5.41, 5.74) is 0.752. The lowest BCUT2D eigenvalue weighted by molar-refractivity contribution is -0.109. The summed E-state index contributed by atoms with van der Waals surface area (Å²) in [5, 5.41) is 17.7. The quantitative estimate of drug-likeness (QED) is 0.0973. The Morgan fingerprint density at radius 3 is 1.75 bits per heavy atom. The van der Waals surface area contributed by atoms with E-state index in [0.717, 1.165) is 38.0 Å². The van der Waals surface area contributed by atoms with Crippen molar-refractivity contribution < 1.29 is 47.8 Å². The monoisotopic (exact) mass is 576 g/mol. The molecule has 14 nitrogen and oxygen atoms in total. The van der Waals surface area contributed by atoms with Gasteiger partial charge in [-0.1, -0.05) is 5.21 Å². The smallest absolute Gasteiger partial charge is 0.122 e. The standard InChI is InChI=1S/C26H48N4O10/c31-6-1-7-33-10-13-36-16-17-38-15-12-35-9-5-30-22-25(27-28-30)24-40-21-20-39-19-18-37-14-11-34-8-4-29-3-2-26(32)23-29/h6,22,26,32H,1-5,7-21,23-24H2/t26-/m0/s1. The molecule has 1 atom stereocenters. The molecule has 0 aromatic carbocycles. The van der Waals surface area contributed by atoms with E-state index in [1.807, 2.05) is 6.20 Å². The molecule has 1 aliphatic heterocycles. The van der Waals surface area contributed by atoms with Crippen LogP contribution in [0.25, 0.3) is 0 Å². The number of hydrogen-bond donors (Lipinski definition) is 1. The summed E-state index contributed by atoms with van der Waals surface area (Å²) < 4.78 is 45.4. The van der Waals surface area contributed by atoms with Crippen LogP contribution in [0, 0.1) is 0 Å². The second-order valence-electron chi connectivity index (χ2n) is 9.01. The van der Waals surface area contributed by atoms with Gasteiger partial charge in [0.05, 0.1) is 125 Å². The lowest BCUT2D eigenvalue weighted by Crippen LogP contribution is -2.26. The van der Waals surface area contributed by atoms with E-state index in [2.05, 4.69) is 15.2 Å². The molecule has 14 heteroatoms. The van der Waals surface area contributed by atoms with Crippen molar-refractivity contribution in [1.29, 1.82) is 0 Å². The molecule has 0 saturated carbocycles. The molecule has 2 heterocycles. The first-order valence-electron chi connectivity index (χ1n) is 14.1. The number of likely N-dealkylation sites (tertiary alicyclic amines) is 1. The zero-order valence-corrected chi connectivity index (χ0v) is 23.7. The number of rotatable bonds is 29. The maximum atomic E-state index is 10.1. The molecular formula is C26H48N4O10. The second-order valence-corrected chi connectivity index (χ2v) is 9.01. The van der Waals surface area contributed by atoms with Gasteiger partial charge in [-0.15, -0.1) is 5.10 Å². The molecule has 1 aromatic heterocycles. The fourth-order valence-electron chi connectivity index (χ4n) is 3.61. The minimum atomic E-state index is -0.185. The molecule has 1 saturated heterocycles. The number of aldehydes is 1. The third-order valence-electron chi connectivity index (χ3n) is 5.71. The number of aliphatic hydroxyl groups is 1. The van der Waals surface area contributed by atoms with Crippen LogP contribution in [0.15, 0.2) is 6.20 Å². The molecule has 0 bridgehead atoms. The maximum absolute atomic E-state index is 10.1. The van der Waals surface area contributed by atoms with Crippen molar-refractivity contribution in [3.05, 3.63) is 11.9 Å². The Balaban J connectivity index is 1.27.